The maximum atomic E-state index is 10.6. The third kappa shape index (κ3) is 1.73. The highest BCUT2D eigenvalue weighted by Crippen LogP contribution is 2.31. The highest BCUT2D eigenvalue weighted by Gasteiger charge is 2.23. The van der Waals surface area contributed by atoms with Gasteiger partial charge in [0, 0.05) is 11.9 Å². The Morgan fingerprint density at radius 1 is 1.64 bits per heavy atom. The van der Waals surface area contributed by atoms with E-state index in [1.165, 1.54) is 6.33 Å². The molecule has 2 rings (SSSR count). The zero-order valence-electron chi connectivity index (χ0n) is 7.81. The van der Waals surface area contributed by atoms with Crippen molar-refractivity contribution in [1.29, 1.82) is 0 Å². The second-order valence-corrected chi connectivity index (χ2v) is 3.61. The molecule has 0 aromatic carbocycles. The van der Waals surface area contributed by atoms with Crippen LogP contribution in [-0.2, 0) is 11.2 Å². The van der Waals surface area contributed by atoms with Crippen LogP contribution in [0, 0.1) is 0 Å². The maximum absolute atomic E-state index is 10.6. The molecule has 0 bridgehead atoms. The molecule has 0 amide bonds. The van der Waals surface area contributed by atoms with Gasteiger partial charge in [0.05, 0.1) is 6.42 Å². The molecule has 1 atom stereocenters. The maximum Gasteiger partial charge on any atom is 0.303 e. The molecule has 4 nitrogen and oxygen atoms in total. The monoisotopic (exact) mass is 192 g/mol. The van der Waals surface area contributed by atoms with Crippen molar-refractivity contribution < 1.29 is 9.90 Å². The lowest BCUT2D eigenvalue weighted by molar-refractivity contribution is -0.137. The molecule has 1 aliphatic rings. The number of fused-ring (bicyclic) bond motifs is 1. The second kappa shape index (κ2) is 3.74. The summed E-state index contributed by atoms with van der Waals surface area (Å²) in [5.74, 6) is -0.635. The van der Waals surface area contributed by atoms with Gasteiger partial charge in [-0.15, -0.1) is 0 Å². The van der Waals surface area contributed by atoms with Crippen molar-refractivity contribution in [3.05, 3.63) is 23.8 Å². The van der Waals surface area contributed by atoms with Crippen LogP contribution in [0.5, 0.6) is 0 Å². The van der Waals surface area contributed by atoms with Gasteiger partial charge in [-0.2, -0.15) is 0 Å². The fourth-order valence-electron chi connectivity index (χ4n) is 2.01. The lowest BCUT2D eigenvalue weighted by Crippen LogP contribution is -2.15. The summed E-state index contributed by atoms with van der Waals surface area (Å²) in [4.78, 5) is 18.8. The number of rotatable bonds is 2. The van der Waals surface area contributed by atoms with Crippen LogP contribution >= 0.6 is 0 Å². The Labute approximate surface area is 82.0 Å². The van der Waals surface area contributed by atoms with E-state index in [0.29, 0.717) is 0 Å². The van der Waals surface area contributed by atoms with Gasteiger partial charge in [-0.05, 0) is 30.7 Å². The summed E-state index contributed by atoms with van der Waals surface area (Å²) in [6, 6.07) is 0. The molecular formula is C10H12N2O2. The molecule has 0 radical (unpaired) electrons. The zero-order chi connectivity index (χ0) is 9.97. The molecule has 0 saturated heterocycles. The molecule has 1 heterocycles. The first-order chi connectivity index (χ1) is 6.77. The van der Waals surface area contributed by atoms with Gasteiger partial charge < -0.3 is 5.11 Å². The zero-order valence-corrected chi connectivity index (χ0v) is 7.81. The lowest BCUT2D eigenvalue weighted by Gasteiger charge is -2.22. The minimum Gasteiger partial charge on any atom is -0.481 e. The van der Waals surface area contributed by atoms with Crippen LogP contribution in [0.1, 0.15) is 36.4 Å². The van der Waals surface area contributed by atoms with Crippen LogP contribution in [0.2, 0.25) is 0 Å². The smallest absolute Gasteiger partial charge is 0.303 e. The Morgan fingerprint density at radius 2 is 2.50 bits per heavy atom. The first-order valence-electron chi connectivity index (χ1n) is 4.78. The number of aliphatic carboxylic acids is 1. The van der Waals surface area contributed by atoms with Crippen LogP contribution in [0.25, 0.3) is 0 Å². The fourth-order valence-corrected chi connectivity index (χ4v) is 2.01. The SMILES string of the molecule is O=C(O)CC1CCCc2ncncc21. The van der Waals surface area contributed by atoms with Gasteiger partial charge in [0.25, 0.3) is 0 Å². The van der Waals surface area contributed by atoms with Gasteiger partial charge in [0.15, 0.2) is 0 Å². The third-order valence-corrected chi connectivity index (χ3v) is 2.65. The molecule has 0 aliphatic heterocycles. The van der Waals surface area contributed by atoms with Crippen molar-refractivity contribution >= 4 is 5.97 Å². The topological polar surface area (TPSA) is 63.1 Å². The number of aryl methyl sites for hydroxylation is 1. The Kier molecular flexibility index (Phi) is 2.43. The van der Waals surface area contributed by atoms with Gasteiger partial charge in [-0.3, -0.25) is 4.79 Å². The number of carboxylic acid groups (broad SMARTS) is 1. The van der Waals surface area contributed by atoms with Gasteiger partial charge in [0.1, 0.15) is 6.33 Å². The van der Waals surface area contributed by atoms with E-state index in [4.69, 9.17) is 5.11 Å². The molecule has 1 N–H and O–H groups in total. The van der Waals surface area contributed by atoms with Gasteiger partial charge in [0.2, 0.25) is 0 Å². The Hall–Kier alpha value is -1.45. The highest BCUT2D eigenvalue weighted by atomic mass is 16.4. The summed E-state index contributed by atoms with van der Waals surface area (Å²) in [7, 11) is 0. The molecule has 1 aromatic heterocycles. The van der Waals surface area contributed by atoms with Gasteiger partial charge in [-0.25, -0.2) is 9.97 Å². The van der Waals surface area contributed by atoms with Crippen LogP contribution < -0.4 is 0 Å². The number of carbonyl (C=O) groups is 1. The molecular weight excluding hydrogens is 180 g/mol. The van der Waals surface area contributed by atoms with Crippen molar-refractivity contribution in [1.82, 2.24) is 9.97 Å². The third-order valence-electron chi connectivity index (χ3n) is 2.65. The van der Waals surface area contributed by atoms with E-state index in [0.717, 1.165) is 30.5 Å². The molecule has 74 valence electrons. The Balaban J connectivity index is 2.26. The molecule has 1 aromatic rings. The largest absolute Gasteiger partial charge is 0.481 e. The van der Waals surface area contributed by atoms with E-state index in [2.05, 4.69) is 9.97 Å². The van der Waals surface area contributed by atoms with Crippen LogP contribution in [-0.4, -0.2) is 21.0 Å². The fraction of sp³-hybridized carbons (Fsp3) is 0.500. The lowest BCUT2D eigenvalue weighted by atomic mass is 9.84. The average molecular weight is 192 g/mol. The van der Waals surface area contributed by atoms with E-state index in [1.807, 2.05) is 0 Å². The van der Waals surface area contributed by atoms with Crippen molar-refractivity contribution in [3.8, 4) is 0 Å². The Bertz CT molecular complexity index is 352. The summed E-state index contributed by atoms with van der Waals surface area (Å²) < 4.78 is 0. The number of carboxylic acids is 1. The molecule has 0 fully saturated rings. The molecule has 14 heavy (non-hydrogen) atoms. The second-order valence-electron chi connectivity index (χ2n) is 3.61. The predicted molar refractivity (Wildman–Crippen MR) is 50.0 cm³/mol. The number of aromatic nitrogens is 2. The summed E-state index contributed by atoms with van der Waals surface area (Å²) in [5.41, 5.74) is 2.05. The van der Waals surface area contributed by atoms with E-state index >= 15 is 0 Å². The number of nitrogens with zero attached hydrogens (tertiary/aromatic N) is 2. The first kappa shape index (κ1) is 9.12. The molecule has 1 aliphatic carbocycles. The molecule has 0 spiro atoms. The number of hydrogen-bond acceptors (Lipinski definition) is 3. The summed E-state index contributed by atoms with van der Waals surface area (Å²) in [6.07, 6.45) is 6.40. The standard InChI is InChI=1S/C10H12N2O2/c13-10(14)4-7-2-1-3-9-8(7)5-11-6-12-9/h5-7H,1-4H2,(H,13,14). The minimum absolute atomic E-state index is 0.109. The van der Waals surface area contributed by atoms with Crippen molar-refractivity contribution in [3.63, 3.8) is 0 Å². The van der Waals surface area contributed by atoms with Crippen LogP contribution in [0.15, 0.2) is 12.5 Å². The van der Waals surface area contributed by atoms with Crippen LogP contribution in [0.3, 0.4) is 0 Å². The molecule has 4 heteroatoms. The highest BCUT2D eigenvalue weighted by molar-refractivity contribution is 5.68. The minimum atomic E-state index is -0.744. The predicted octanol–water partition coefficient (Wildman–Crippen LogP) is 1.37. The number of hydrogen-bond donors (Lipinski definition) is 1. The van der Waals surface area contributed by atoms with E-state index in [-0.39, 0.29) is 12.3 Å². The molecule has 1 unspecified atom stereocenters. The summed E-state index contributed by atoms with van der Waals surface area (Å²) in [5, 5.41) is 8.75. The molecule has 0 saturated carbocycles. The van der Waals surface area contributed by atoms with Crippen molar-refractivity contribution in [2.45, 2.75) is 31.6 Å². The van der Waals surface area contributed by atoms with E-state index in [1.54, 1.807) is 6.20 Å². The van der Waals surface area contributed by atoms with Crippen molar-refractivity contribution in [2.75, 3.05) is 0 Å². The van der Waals surface area contributed by atoms with Crippen molar-refractivity contribution in [2.24, 2.45) is 0 Å². The normalized spacial score (nSPS) is 20.1. The van der Waals surface area contributed by atoms with E-state index in [9.17, 15) is 4.79 Å². The van der Waals surface area contributed by atoms with E-state index < -0.39 is 5.97 Å². The first-order valence-corrected chi connectivity index (χ1v) is 4.78. The summed E-state index contributed by atoms with van der Waals surface area (Å²) in [6.45, 7) is 0. The summed E-state index contributed by atoms with van der Waals surface area (Å²) >= 11 is 0. The Morgan fingerprint density at radius 3 is 3.29 bits per heavy atom. The van der Waals surface area contributed by atoms with Gasteiger partial charge >= 0.3 is 5.97 Å². The quantitative estimate of drug-likeness (QED) is 0.768. The van der Waals surface area contributed by atoms with Gasteiger partial charge in [-0.1, -0.05) is 0 Å². The average Bonchev–Trinajstić information content (AvgIpc) is 2.18. The van der Waals surface area contributed by atoms with Crippen LogP contribution in [0.4, 0.5) is 0 Å².